The van der Waals surface area contributed by atoms with Crippen LogP contribution in [0.25, 0.3) is 0 Å². The standard InChI is InChI=1S/C16H24N2O3/c1-11(2)21-10-6-9-17-15(19)16(20)18-14-8-5-7-12(3)13(14)4/h5,7-8,11H,6,9-10H2,1-4H3,(H,17,19)(H,18,20). The van der Waals surface area contributed by atoms with Gasteiger partial charge in [0, 0.05) is 18.8 Å². The van der Waals surface area contributed by atoms with E-state index in [1.165, 1.54) is 0 Å². The van der Waals surface area contributed by atoms with Gasteiger partial charge < -0.3 is 15.4 Å². The van der Waals surface area contributed by atoms with Gasteiger partial charge in [0.1, 0.15) is 0 Å². The maximum Gasteiger partial charge on any atom is 0.313 e. The Bertz CT molecular complexity index is 498. The molecule has 0 atom stereocenters. The summed E-state index contributed by atoms with van der Waals surface area (Å²) in [5.41, 5.74) is 2.70. The zero-order valence-corrected chi connectivity index (χ0v) is 13.2. The van der Waals surface area contributed by atoms with Gasteiger partial charge in [0.25, 0.3) is 0 Å². The number of amides is 2. The fourth-order valence-electron chi connectivity index (χ4n) is 1.74. The summed E-state index contributed by atoms with van der Waals surface area (Å²) in [6.07, 6.45) is 0.856. The highest BCUT2D eigenvalue weighted by molar-refractivity contribution is 6.39. The van der Waals surface area contributed by atoms with Crippen LogP contribution in [0.3, 0.4) is 0 Å². The Morgan fingerprint density at radius 3 is 2.57 bits per heavy atom. The van der Waals surface area contributed by atoms with Crippen molar-refractivity contribution in [1.29, 1.82) is 0 Å². The van der Waals surface area contributed by atoms with Crippen LogP contribution >= 0.6 is 0 Å². The molecular formula is C16H24N2O3. The van der Waals surface area contributed by atoms with Gasteiger partial charge in [-0.2, -0.15) is 0 Å². The molecule has 0 unspecified atom stereocenters. The number of carbonyl (C=O) groups is 2. The molecule has 0 bridgehead atoms. The Kier molecular flexibility index (Phi) is 6.88. The highest BCUT2D eigenvalue weighted by atomic mass is 16.5. The van der Waals surface area contributed by atoms with E-state index in [9.17, 15) is 9.59 Å². The Labute approximate surface area is 126 Å². The molecule has 0 saturated heterocycles. The Balaban J connectivity index is 2.38. The van der Waals surface area contributed by atoms with E-state index in [4.69, 9.17) is 4.74 Å². The minimum absolute atomic E-state index is 0.174. The van der Waals surface area contributed by atoms with Gasteiger partial charge in [-0.05, 0) is 51.3 Å². The first-order chi connectivity index (χ1) is 9.91. The summed E-state index contributed by atoms with van der Waals surface area (Å²) in [4.78, 5) is 23.5. The zero-order chi connectivity index (χ0) is 15.8. The van der Waals surface area contributed by atoms with E-state index in [-0.39, 0.29) is 6.10 Å². The number of ether oxygens (including phenoxy) is 1. The number of hydrogen-bond donors (Lipinski definition) is 2. The number of carbonyl (C=O) groups excluding carboxylic acids is 2. The fourth-order valence-corrected chi connectivity index (χ4v) is 1.74. The van der Waals surface area contributed by atoms with Crippen LogP contribution in [-0.2, 0) is 14.3 Å². The largest absolute Gasteiger partial charge is 0.379 e. The molecule has 5 heteroatoms. The van der Waals surface area contributed by atoms with E-state index in [0.717, 1.165) is 11.1 Å². The van der Waals surface area contributed by atoms with Crippen LogP contribution in [0.4, 0.5) is 5.69 Å². The van der Waals surface area contributed by atoms with E-state index in [2.05, 4.69) is 10.6 Å². The van der Waals surface area contributed by atoms with Crippen molar-refractivity contribution in [1.82, 2.24) is 5.32 Å². The summed E-state index contributed by atoms with van der Waals surface area (Å²) >= 11 is 0. The van der Waals surface area contributed by atoms with Crippen molar-refractivity contribution in [3.8, 4) is 0 Å². The van der Waals surface area contributed by atoms with E-state index < -0.39 is 11.8 Å². The lowest BCUT2D eigenvalue weighted by molar-refractivity contribution is -0.136. The van der Waals surface area contributed by atoms with Gasteiger partial charge >= 0.3 is 11.8 Å². The second-order valence-corrected chi connectivity index (χ2v) is 5.23. The van der Waals surface area contributed by atoms with Crippen molar-refractivity contribution in [2.45, 2.75) is 40.2 Å². The smallest absolute Gasteiger partial charge is 0.313 e. The van der Waals surface area contributed by atoms with Crippen molar-refractivity contribution in [3.63, 3.8) is 0 Å². The summed E-state index contributed by atoms with van der Waals surface area (Å²) < 4.78 is 5.36. The number of nitrogens with one attached hydrogen (secondary N) is 2. The van der Waals surface area contributed by atoms with Crippen molar-refractivity contribution >= 4 is 17.5 Å². The number of rotatable bonds is 6. The summed E-state index contributed by atoms with van der Waals surface area (Å²) in [6.45, 7) is 8.76. The second kappa shape index (κ2) is 8.42. The number of benzene rings is 1. The van der Waals surface area contributed by atoms with Crippen LogP contribution in [0, 0.1) is 13.8 Å². The predicted octanol–water partition coefficient (Wildman–Crippen LogP) is 2.17. The molecular weight excluding hydrogens is 268 g/mol. The van der Waals surface area contributed by atoms with Crippen LogP contribution in [0.5, 0.6) is 0 Å². The molecule has 0 saturated carbocycles. The molecule has 21 heavy (non-hydrogen) atoms. The van der Waals surface area contributed by atoms with Gasteiger partial charge in [0.15, 0.2) is 0 Å². The number of anilines is 1. The quantitative estimate of drug-likeness (QED) is 0.624. The third kappa shape index (κ3) is 5.95. The average Bonchev–Trinajstić information content (AvgIpc) is 2.42. The minimum Gasteiger partial charge on any atom is -0.379 e. The van der Waals surface area contributed by atoms with Crippen molar-refractivity contribution in [3.05, 3.63) is 29.3 Å². The molecule has 0 aliphatic rings. The molecule has 0 heterocycles. The molecule has 116 valence electrons. The Morgan fingerprint density at radius 2 is 1.90 bits per heavy atom. The topological polar surface area (TPSA) is 67.4 Å². The molecule has 1 aromatic rings. The van der Waals surface area contributed by atoms with Gasteiger partial charge in [0.2, 0.25) is 0 Å². The molecule has 0 aromatic heterocycles. The normalized spacial score (nSPS) is 10.5. The number of hydrogen-bond acceptors (Lipinski definition) is 3. The van der Waals surface area contributed by atoms with Crippen LogP contribution in [0.1, 0.15) is 31.4 Å². The summed E-state index contributed by atoms with van der Waals surface area (Å²) in [7, 11) is 0. The molecule has 1 rings (SSSR count). The molecule has 2 N–H and O–H groups in total. The van der Waals surface area contributed by atoms with Crippen LogP contribution in [0.15, 0.2) is 18.2 Å². The summed E-state index contributed by atoms with van der Waals surface area (Å²) in [6, 6.07) is 5.59. The van der Waals surface area contributed by atoms with Crippen molar-refractivity contribution in [2.24, 2.45) is 0 Å². The second-order valence-electron chi connectivity index (χ2n) is 5.23. The predicted molar refractivity (Wildman–Crippen MR) is 83.3 cm³/mol. The average molecular weight is 292 g/mol. The van der Waals surface area contributed by atoms with E-state index >= 15 is 0 Å². The van der Waals surface area contributed by atoms with Crippen molar-refractivity contribution < 1.29 is 14.3 Å². The third-order valence-electron chi connectivity index (χ3n) is 3.12. The lowest BCUT2D eigenvalue weighted by Gasteiger charge is -2.11. The molecule has 1 aromatic carbocycles. The maximum atomic E-state index is 11.8. The Hall–Kier alpha value is -1.88. The molecule has 0 fully saturated rings. The highest BCUT2D eigenvalue weighted by Gasteiger charge is 2.14. The molecule has 0 aliphatic carbocycles. The zero-order valence-electron chi connectivity index (χ0n) is 13.2. The summed E-state index contributed by atoms with van der Waals surface area (Å²) in [5.74, 6) is -1.27. The van der Waals surface area contributed by atoms with E-state index in [0.29, 0.717) is 25.3 Å². The van der Waals surface area contributed by atoms with E-state index in [1.807, 2.05) is 39.8 Å². The molecule has 0 aliphatic heterocycles. The first-order valence-corrected chi connectivity index (χ1v) is 7.18. The van der Waals surface area contributed by atoms with Gasteiger partial charge in [-0.3, -0.25) is 9.59 Å². The Morgan fingerprint density at radius 1 is 1.19 bits per heavy atom. The van der Waals surface area contributed by atoms with Gasteiger partial charge in [0.05, 0.1) is 6.10 Å². The lowest BCUT2D eigenvalue weighted by atomic mass is 10.1. The van der Waals surface area contributed by atoms with E-state index in [1.54, 1.807) is 6.07 Å². The molecule has 0 radical (unpaired) electrons. The monoisotopic (exact) mass is 292 g/mol. The summed E-state index contributed by atoms with van der Waals surface area (Å²) in [5, 5.41) is 5.21. The lowest BCUT2D eigenvalue weighted by Crippen LogP contribution is -2.36. The van der Waals surface area contributed by atoms with Gasteiger partial charge in [-0.25, -0.2) is 0 Å². The fraction of sp³-hybridized carbons (Fsp3) is 0.500. The molecule has 2 amide bonds. The minimum atomic E-state index is -0.645. The van der Waals surface area contributed by atoms with Crippen molar-refractivity contribution in [2.75, 3.05) is 18.5 Å². The van der Waals surface area contributed by atoms with Crippen LogP contribution in [-0.4, -0.2) is 31.1 Å². The number of aryl methyl sites for hydroxylation is 1. The highest BCUT2D eigenvalue weighted by Crippen LogP contribution is 2.17. The van der Waals surface area contributed by atoms with Crippen LogP contribution < -0.4 is 10.6 Å². The first kappa shape index (κ1) is 17.2. The molecule has 0 spiro atoms. The molecule has 5 nitrogen and oxygen atoms in total. The van der Waals surface area contributed by atoms with Gasteiger partial charge in [-0.1, -0.05) is 12.1 Å². The third-order valence-corrected chi connectivity index (χ3v) is 3.12. The first-order valence-electron chi connectivity index (χ1n) is 7.18. The maximum absolute atomic E-state index is 11.8. The van der Waals surface area contributed by atoms with Gasteiger partial charge in [-0.15, -0.1) is 0 Å². The van der Waals surface area contributed by atoms with Crippen LogP contribution in [0.2, 0.25) is 0 Å². The SMILES string of the molecule is Cc1cccc(NC(=O)C(=O)NCCCOC(C)C)c1C.